The molecule has 128 valence electrons. The minimum absolute atomic E-state index is 0.0679. The number of rotatable bonds is 8. The second-order valence-corrected chi connectivity index (χ2v) is 6.59. The summed E-state index contributed by atoms with van der Waals surface area (Å²) in [7, 11) is 0. The van der Waals surface area contributed by atoms with Gasteiger partial charge in [0.25, 0.3) is 0 Å². The second-order valence-electron chi connectivity index (χ2n) is 6.59. The van der Waals surface area contributed by atoms with Crippen LogP contribution in [0.15, 0.2) is 34.8 Å². The fourth-order valence-electron chi connectivity index (χ4n) is 3.36. The molecule has 6 heteroatoms. The normalized spacial score (nSPS) is 20.3. The topological polar surface area (TPSA) is 68.0 Å². The Kier molecular flexibility index (Phi) is 5.00. The van der Waals surface area contributed by atoms with Gasteiger partial charge < -0.3 is 14.6 Å². The number of nitrogens with one attached hydrogen (secondary N) is 1. The molecule has 1 amide bonds. The van der Waals surface area contributed by atoms with Crippen molar-refractivity contribution in [2.24, 2.45) is 10.2 Å². The van der Waals surface area contributed by atoms with Gasteiger partial charge in [0, 0.05) is 51.4 Å². The smallest absolute Gasteiger partial charge is 0.222 e. The van der Waals surface area contributed by atoms with Gasteiger partial charge in [0.05, 0.1) is 12.0 Å². The zero-order valence-electron chi connectivity index (χ0n) is 13.9. The molecule has 6 nitrogen and oxygen atoms in total. The maximum absolute atomic E-state index is 12.5. The average molecular weight is 328 g/mol. The fourth-order valence-corrected chi connectivity index (χ4v) is 3.36. The van der Waals surface area contributed by atoms with Crippen molar-refractivity contribution < 1.29 is 9.53 Å². The first-order valence-electron chi connectivity index (χ1n) is 8.54. The lowest BCUT2D eigenvalue weighted by Gasteiger charge is -2.38. The van der Waals surface area contributed by atoms with E-state index in [0.717, 1.165) is 25.7 Å². The highest BCUT2D eigenvalue weighted by atomic mass is 16.5. The van der Waals surface area contributed by atoms with E-state index in [1.54, 1.807) is 0 Å². The highest BCUT2D eigenvalue weighted by Crippen LogP contribution is 2.36. The highest BCUT2D eigenvalue weighted by Gasteiger charge is 2.39. The lowest BCUT2D eigenvalue weighted by atomic mass is 9.86. The van der Waals surface area contributed by atoms with Crippen molar-refractivity contribution in [3.05, 3.63) is 24.5 Å². The molecule has 0 unspecified atom stereocenters. The number of amides is 1. The maximum Gasteiger partial charge on any atom is 0.222 e. The molecule has 1 saturated heterocycles. The van der Waals surface area contributed by atoms with Crippen molar-refractivity contribution >= 4 is 5.91 Å². The molecule has 0 aromatic carbocycles. The number of nitrogens with zero attached hydrogens (tertiary/aromatic N) is 3. The maximum atomic E-state index is 12.5. The van der Waals surface area contributed by atoms with Crippen LogP contribution < -0.4 is 5.32 Å². The zero-order valence-corrected chi connectivity index (χ0v) is 13.9. The molecule has 0 aliphatic carbocycles. The van der Waals surface area contributed by atoms with Crippen molar-refractivity contribution in [1.82, 2.24) is 9.88 Å². The lowest BCUT2D eigenvalue weighted by Crippen LogP contribution is -2.43. The molecular formula is C18H24N4O2. The summed E-state index contributed by atoms with van der Waals surface area (Å²) >= 11 is 0. The Morgan fingerprint density at radius 3 is 2.58 bits per heavy atom. The van der Waals surface area contributed by atoms with Crippen LogP contribution in [0.4, 0.5) is 0 Å². The van der Waals surface area contributed by atoms with Gasteiger partial charge in [-0.2, -0.15) is 10.2 Å². The van der Waals surface area contributed by atoms with Crippen LogP contribution in [-0.2, 0) is 15.1 Å². The number of hydrogen-bond donors (Lipinski definition) is 1. The Balaban J connectivity index is 1.50. The molecule has 3 rings (SSSR count). The van der Waals surface area contributed by atoms with Crippen LogP contribution in [0.3, 0.4) is 0 Å². The number of aromatic nitrogens is 1. The first kappa shape index (κ1) is 16.7. The molecule has 2 aliphatic rings. The summed E-state index contributed by atoms with van der Waals surface area (Å²) in [5.74, 6) is 2.68. The molecule has 0 saturated carbocycles. The summed E-state index contributed by atoms with van der Waals surface area (Å²) < 4.78 is 7.65. The van der Waals surface area contributed by atoms with E-state index < -0.39 is 0 Å². The summed E-state index contributed by atoms with van der Waals surface area (Å²) in [5, 5.41) is 11.2. The van der Waals surface area contributed by atoms with Gasteiger partial charge in [-0.1, -0.05) is 0 Å². The molecule has 24 heavy (non-hydrogen) atoms. The third-order valence-corrected chi connectivity index (χ3v) is 4.97. The zero-order chi connectivity index (χ0) is 16.9. The van der Waals surface area contributed by atoms with Gasteiger partial charge in [-0.05, 0) is 25.0 Å². The van der Waals surface area contributed by atoms with Crippen LogP contribution in [0.2, 0.25) is 0 Å². The molecular weight excluding hydrogens is 304 g/mol. The van der Waals surface area contributed by atoms with E-state index in [0.29, 0.717) is 32.6 Å². The molecule has 1 aromatic heterocycles. The van der Waals surface area contributed by atoms with Crippen LogP contribution in [0.25, 0.3) is 0 Å². The Morgan fingerprint density at radius 1 is 1.25 bits per heavy atom. The van der Waals surface area contributed by atoms with Gasteiger partial charge in [-0.25, -0.2) is 0 Å². The van der Waals surface area contributed by atoms with E-state index in [4.69, 9.17) is 11.2 Å². The predicted molar refractivity (Wildman–Crippen MR) is 90.4 cm³/mol. The molecule has 3 heterocycles. The highest BCUT2D eigenvalue weighted by molar-refractivity contribution is 5.77. The van der Waals surface area contributed by atoms with Crippen LogP contribution in [-0.4, -0.2) is 35.9 Å². The summed E-state index contributed by atoms with van der Waals surface area (Å²) in [5.41, 5.74) is -0.516. The third kappa shape index (κ3) is 3.85. The van der Waals surface area contributed by atoms with Gasteiger partial charge in [0.1, 0.15) is 0 Å². The summed E-state index contributed by atoms with van der Waals surface area (Å²) in [6, 6.07) is 4.00. The largest absolute Gasteiger partial charge is 0.381 e. The Labute approximate surface area is 142 Å². The number of terminal acetylenes is 1. The van der Waals surface area contributed by atoms with Crippen LogP contribution in [0, 0.1) is 12.3 Å². The van der Waals surface area contributed by atoms with Crippen molar-refractivity contribution in [1.29, 1.82) is 0 Å². The van der Waals surface area contributed by atoms with Crippen molar-refractivity contribution in [2.45, 2.75) is 49.7 Å². The van der Waals surface area contributed by atoms with Gasteiger partial charge in [-0.3, -0.25) is 4.79 Å². The van der Waals surface area contributed by atoms with Gasteiger partial charge >= 0.3 is 0 Å². The van der Waals surface area contributed by atoms with E-state index in [9.17, 15) is 4.79 Å². The van der Waals surface area contributed by atoms with Crippen LogP contribution >= 0.6 is 0 Å². The number of carbonyl (C=O) groups excluding carboxylic acids is 1. The predicted octanol–water partition coefficient (Wildman–Crippen LogP) is 2.47. The van der Waals surface area contributed by atoms with Crippen LogP contribution in [0.5, 0.6) is 0 Å². The van der Waals surface area contributed by atoms with Gasteiger partial charge in [-0.15, -0.1) is 12.3 Å². The van der Waals surface area contributed by atoms with Crippen LogP contribution in [0.1, 0.15) is 38.5 Å². The molecule has 1 N–H and O–H groups in total. The minimum Gasteiger partial charge on any atom is -0.381 e. The lowest BCUT2D eigenvalue weighted by molar-refractivity contribution is -0.124. The number of carbonyl (C=O) groups is 1. The molecule has 0 spiro atoms. The molecule has 1 fully saturated rings. The minimum atomic E-state index is -0.337. The second kappa shape index (κ2) is 7.18. The SMILES string of the molecule is C#CCCC1(CCNC(=O)CC2(n3cccc3)CCOCC2)N=N1. The summed E-state index contributed by atoms with van der Waals surface area (Å²) in [4.78, 5) is 12.5. The number of hydrogen-bond acceptors (Lipinski definition) is 4. The first-order chi connectivity index (χ1) is 11.7. The molecule has 2 aliphatic heterocycles. The number of ether oxygens (including phenoxy) is 1. The van der Waals surface area contributed by atoms with Crippen molar-refractivity contribution in [3.8, 4) is 12.3 Å². The van der Waals surface area contributed by atoms with Crippen molar-refractivity contribution in [2.75, 3.05) is 19.8 Å². The molecule has 0 atom stereocenters. The van der Waals surface area contributed by atoms with Crippen molar-refractivity contribution in [3.63, 3.8) is 0 Å². The molecule has 1 aromatic rings. The van der Waals surface area contributed by atoms with Gasteiger partial charge in [0.15, 0.2) is 5.66 Å². The van der Waals surface area contributed by atoms with E-state index in [1.165, 1.54) is 0 Å². The monoisotopic (exact) mass is 328 g/mol. The molecule has 0 bridgehead atoms. The fraction of sp³-hybridized carbons (Fsp3) is 0.611. The Hall–Kier alpha value is -2.13. The van der Waals surface area contributed by atoms with E-state index >= 15 is 0 Å². The van der Waals surface area contributed by atoms with E-state index in [1.807, 2.05) is 24.5 Å². The standard InChI is InChI=1S/C18H24N4O2/c1-2-3-6-18(20-21-18)7-10-19-16(23)15-17(8-13-24-14-9-17)22-11-4-5-12-22/h1,4-5,11-12H,3,6-10,13-15H2,(H,19,23). The summed E-state index contributed by atoms with van der Waals surface area (Å²) in [6.45, 7) is 1.96. The Morgan fingerprint density at radius 2 is 1.96 bits per heavy atom. The first-order valence-corrected chi connectivity index (χ1v) is 8.54. The molecule has 0 radical (unpaired) electrons. The van der Waals surface area contributed by atoms with E-state index in [-0.39, 0.29) is 17.1 Å². The average Bonchev–Trinajstić information content (AvgIpc) is 3.12. The quantitative estimate of drug-likeness (QED) is 0.745. The summed E-state index contributed by atoms with van der Waals surface area (Å²) in [6.07, 6.45) is 13.7. The Bertz CT molecular complexity index is 618. The van der Waals surface area contributed by atoms with Gasteiger partial charge in [0.2, 0.25) is 5.91 Å². The third-order valence-electron chi connectivity index (χ3n) is 4.97. The van der Waals surface area contributed by atoms with E-state index in [2.05, 4.69) is 26.0 Å².